The molecule has 1 aromatic heterocycles. The smallest absolute Gasteiger partial charge is 0.251 e. The quantitative estimate of drug-likeness (QED) is 0.534. The Kier molecular flexibility index (Phi) is 6.94. The zero-order valence-electron chi connectivity index (χ0n) is 17.9. The molecule has 0 saturated carbocycles. The summed E-state index contributed by atoms with van der Waals surface area (Å²) in [7, 11) is 0. The van der Waals surface area contributed by atoms with Crippen molar-refractivity contribution in [1.29, 1.82) is 0 Å². The fourth-order valence-corrected chi connectivity index (χ4v) is 3.90. The summed E-state index contributed by atoms with van der Waals surface area (Å²) in [5.74, 6) is 0.399. The van der Waals surface area contributed by atoms with Gasteiger partial charge in [0, 0.05) is 36.2 Å². The Morgan fingerprint density at radius 1 is 1.03 bits per heavy atom. The normalized spacial score (nSPS) is 13.0. The highest BCUT2D eigenvalue weighted by molar-refractivity contribution is 5.94. The minimum atomic E-state index is -0.294. The van der Waals surface area contributed by atoms with Crippen LogP contribution in [0.5, 0.6) is 0 Å². The molecule has 0 saturated heterocycles. The third kappa shape index (κ3) is 5.22. The zero-order chi connectivity index (χ0) is 22.3. The average molecular weight is 435 g/mol. The Hall–Kier alpha value is -3.48. The molecule has 0 atom stereocenters. The number of aromatic nitrogens is 1. The molecule has 6 nitrogen and oxygen atoms in total. The van der Waals surface area contributed by atoms with Crippen molar-refractivity contribution in [3.05, 3.63) is 77.2 Å². The van der Waals surface area contributed by atoms with Crippen molar-refractivity contribution >= 4 is 11.8 Å². The van der Waals surface area contributed by atoms with Gasteiger partial charge in [-0.15, -0.1) is 0 Å². The van der Waals surface area contributed by atoms with Gasteiger partial charge >= 0.3 is 0 Å². The zero-order valence-corrected chi connectivity index (χ0v) is 17.9. The molecule has 2 aromatic carbocycles. The van der Waals surface area contributed by atoms with Crippen LogP contribution in [0.2, 0.25) is 0 Å². The van der Waals surface area contributed by atoms with Crippen LogP contribution in [0.25, 0.3) is 11.3 Å². The van der Waals surface area contributed by atoms with Gasteiger partial charge in [0.2, 0.25) is 5.91 Å². The number of carbonyl (C=O) groups is 2. The van der Waals surface area contributed by atoms with E-state index in [1.807, 2.05) is 23.1 Å². The number of halogens is 1. The molecule has 3 aromatic rings. The predicted octanol–water partition coefficient (Wildman–Crippen LogP) is 4.36. The summed E-state index contributed by atoms with van der Waals surface area (Å²) in [6, 6.07) is 15.3. The SMILES string of the molecule is O=C(NCCCCCC(=O)N1CCc2c(noc2-c2ccc(F)cc2)C1)c1ccccc1. The first-order valence-corrected chi connectivity index (χ1v) is 11.0. The molecule has 32 heavy (non-hydrogen) atoms. The summed E-state index contributed by atoms with van der Waals surface area (Å²) in [6.07, 6.45) is 3.63. The summed E-state index contributed by atoms with van der Waals surface area (Å²) in [5.41, 5.74) is 3.21. The van der Waals surface area contributed by atoms with E-state index in [2.05, 4.69) is 10.5 Å². The van der Waals surface area contributed by atoms with Crippen LogP contribution in [0, 0.1) is 5.82 Å². The first kappa shape index (κ1) is 21.7. The van der Waals surface area contributed by atoms with Crippen molar-refractivity contribution in [2.45, 2.75) is 38.6 Å². The lowest BCUT2D eigenvalue weighted by Crippen LogP contribution is -2.35. The van der Waals surface area contributed by atoms with E-state index >= 15 is 0 Å². The van der Waals surface area contributed by atoms with Gasteiger partial charge in [-0.25, -0.2) is 4.39 Å². The molecular weight excluding hydrogens is 409 g/mol. The van der Waals surface area contributed by atoms with Crippen LogP contribution in [-0.4, -0.2) is 35.0 Å². The number of amides is 2. The molecule has 166 valence electrons. The maximum absolute atomic E-state index is 13.2. The van der Waals surface area contributed by atoms with Crippen molar-refractivity contribution in [1.82, 2.24) is 15.4 Å². The second kappa shape index (κ2) is 10.2. The largest absolute Gasteiger partial charge is 0.356 e. The lowest BCUT2D eigenvalue weighted by atomic mass is 10.00. The van der Waals surface area contributed by atoms with Gasteiger partial charge in [-0.1, -0.05) is 29.8 Å². The number of benzene rings is 2. The van der Waals surface area contributed by atoms with Crippen molar-refractivity contribution in [2.24, 2.45) is 0 Å². The van der Waals surface area contributed by atoms with Crippen LogP contribution in [-0.2, 0) is 17.8 Å². The van der Waals surface area contributed by atoms with Crippen molar-refractivity contribution in [3.8, 4) is 11.3 Å². The number of fused-ring (bicyclic) bond motifs is 1. The summed E-state index contributed by atoms with van der Waals surface area (Å²) in [4.78, 5) is 26.4. The van der Waals surface area contributed by atoms with E-state index < -0.39 is 0 Å². The van der Waals surface area contributed by atoms with Crippen molar-refractivity contribution < 1.29 is 18.5 Å². The second-order valence-corrected chi connectivity index (χ2v) is 7.94. The van der Waals surface area contributed by atoms with Crippen LogP contribution in [0.15, 0.2) is 59.1 Å². The highest BCUT2D eigenvalue weighted by Crippen LogP contribution is 2.30. The standard InChI is InChI=1S/C25H26FN3O3/c26-20-12-10-18(11-13-20)24-21-14-16-29(17-22(21)28-32-24)23(30)9-5-2-6-15-27-25(31)19-7-3-1-4-8-19/h1,3-4,7-8,10-13H,2,5-6,9,14-17H2,(H,27,31). The monoisotopic (exact) mass is 435 g/mol. The summed E-state index contributed by atoms with van der Waals surface area (Å²) < 4.78 is 18.7. The molecule has 0 fully saturated rings. The highest BCUT2D eigenvalue weighted by Gasteiger charge is 2.26. The Balaban J connectivity index is 1.19. The Morgan fingerprint density at radius 3 is 2.59 bits per heavy atom. The Bertz CT molecular complexity index is 1060. The average Bonchev–Trinajstić information content (AvgIpc) is 3.25. The van der Waals surface area contributed by atoms with Gasteiger partial charge < -0.3 is 14.7 Å². The van der Waals surface area contributed by atoms with E-state index in [-0.39, 0.29) is 17.6 Å². The van der Waals surface area contributed by atoms with E-state index in [1.54, 1.807) is 24.3 Å². The maximum atomic E-state index is 13.2. The molecule has 0 aliphatic carbocycles. The number of hydrogen-bond acceptors (Lipinski definition) is 4. The molecule has 0 radical (unpaired) electrons. The predicted molar refractivity (Wildman–Crippen MR) is 118 cm³/mol. The van der Waals surface area contributed by atoms with E-state index in [4.69, 9.17) is 4.52 Å². The maximum Gasteiger partial charge on any atom is 0.251 e. The van der Waals surface area contributed by atoms with Gasteiger partial charge in [-0.2, -0.15) is 0 Å². The number of rotatable bonds is 8. The van der Waals surface area contributed by atoms with Gasteiger partial charge in [0.1, 0.15) is 11.5 Å². The van der Waals surface area contributed by atoms with Crippen molar-refractivity contribution in [2.75, 3.05) is 13.1 Å². The fraction of sp³-hybridized carbons (Fsp3) is 0.320. The van der Waals surface area contributed by atoms with Gasteiger partial charge in [0.15, 0.2) is 5.76 Å². The van der Waals surface area contributed by atoms with Crippen LogP contribution >= 0.6 is 0 Å². The lowest BCUT2D eigenvalue weighted by molar-refractivity contribution is -0.132. The number of hydrogen-bond donors (Lipinski definition) is 1. The first-order chi connectivity index (χ1) is 15.6. The topological polar surface area (TPSA) is 75.4 Å². The van der Waals surface area contributed by atoms with Gasteiger partial charge in [0.05, 0.1) is 6.54 Å². The molecule has 0 bridgehead atoms. The van der Waals surface area contributed by atoms with E-state index in [1.165, 1.54) is 12.1 Å². The van der Waals surface area contributed by atoms with Crippen LogP contribution in [0.1, 0.15) is 47.3 Å². The van der Waals surface area contributed by atoms with Gasteiger partial charge in [-0.05, 0) is 55.7 Å². The molecule has 2 amide bonds. The summed E-state index contributed by atoms with van der Waals surface area (Å²) >= 11 is 0. The molecule has 4 rings (SSSR count). The molecule has 0 spiro atoms. The third-order valence-corrected chi connectivity index (χ3v) is 5.69. The molecular formula is C25H26FN3O3. The fourth-order valence-electron chi connectivity index (χ4n) is 3.90. The van der Waals surface area contributed by atoms with E-state index in [0.717, 1.165) is 36.1 Å². The van der Waals surface area contributed by atoms with E-state index in [9.17, 15) is 14.0 Å². The minimum Gasteiger partial charge on any atom is -0.356 e. The number of unbranched alkanes of at least 4 members (excludes halogenated alkanes) is 2. The molecule has 1 N–H and O–H groups in total. The summed E-state index contributed by atoms with van der Waals surface area (Å²) in [5, 5.41) is 7.05. The van der Waals surface area contributed by atoms with Crippen LogP contribution in [0.4, 0.5) is 4.39 Å². The number of carbonyl (C=O) groups excluding carboxylic acids is 2. The second-order valence-electron chi connectivity index (χ2n) is 7.94. The van der Waals surface area contributed by atoms with Crippen LogP contribution < -0.4 is 5.32 Å². The highest BCUT2D eigenvalue weighted by atomic mass is 19.1. The molecule has 7 heteroatoms. The minimum absolute atomic E-state index is 0.0709. The molecule has 0 unspecified atom stereocenters. The summed E-state index contributed by atoms with van der Waals surface area (Å²) in [6.45, 7) is 1.65. The van der Waals surface area contributed by atoms with E-state index in [0.29, 0.717) is 43.8 Å². The molecule has 1 aliphatic rings. The van der Waals surface area contributed by atoms with Crippen LogP contribution in [0.3, 0.4) is 0 Å². The van der Waals surface area contributed by atoms with Gasteiger partial charge in [-0.3, -0.25) is 9.59 Å². The third-order valence-electron chi connectivity index (χ3n) is 5.69. The molecule has 2 heterocycles. The first-order valence-electron chi connectivity index (χ1n) is 11.0. The number of nitrogens with one attached hydrogen (secondary N) is 1. The Morgan fingerprint density at radius 2 is 1.81 bits per heavy atom. The van der Waals surface area contributed by atoms with Gasteiger partial charge in [0.25, 0.3) is 5.91 Å². The molecule has 1 aliphatic heterocycles. The lowest BCUT2D eigenvalue weighted by Gasteiger charge is -2.26. The van der Waals surface area contributed by atoms with Crippen molar-refractivity contribution in [3.63, 3.8) is 0 Å². The number of nitrogens with zero attached hydrogens (tertiary/aromatic N) is 2. The Labute approximate surface area is 186 Å².